The average molecular weight is 319 g/mol. The minimum absolute atomic E-state index is 0.0200. The summed E-state index contributed by atoms with van der Waals surface area (Å²) in [5.74, 6) is -0.207. The number of sulfone groups is 1. The Balaban J connectivity index is 2.17. The van der Waals surface area contributed by atoms with Gasteiger partial charge in [0.25, 0.3) is 5.91 Å². The third-order valence-electron chi connectivity index (χ3n) is 3.20. The van der Waals surface area contributed by atoms with Gasteiger partial charge in [-0.15, -0.1) is 0 Å². The number of carbonyl (C=O) groups excluding carboxylic acids is 1. The molecule has 116 valence electrons. The van der Waals surface area contributed by atoms with Crippen LogP contribution in [0.1, 0.15) is 35.3 Å². The van der Waals surface area contributed by atoms with Crippen molar-refractivity contribution in [1.82, 2.24) is 15.3 Å². The fraction of sp³-hybridized carbons (Fsp3) is 0.267. The lowest BCUT2D eigenvalue weighted by molar-refractivity contribution is 0.0935. The molecule has 1 N–H and O–H groups in total. The minimum atomic E-state index is -3.32. The smallest absolute Gasteiger partial charge is 0.251 e. The van der Waals surface area contributed by atoms with Crippen molar-refractivity contribution in [2.24, 2.45) is 0 Å². The summed E-state index contributed by atoms with van der Waals surface area (Å²) in [6.45, 7) is 1.93. The Morgan fingerprint density at radius 2 is 1.91 bits per heavy atom. The lowest BCUT2D eigenvalue weighted by Crippen LogP contribution is -2.28. The molecule has 0 unspecified atom stereocenters. The van der Waals surface area contributed by atoms with Gasteiger partial charge in [0.05, 0.1) is 6.04 Å². The van der Waals surface area contributed by atoms with E-state index in [9.17, 15) is 13.2 Å². The summed E-state index contributed by atoms with van der Waals surface area (Å²) in [7, 11) is -3.32. The molecule has 0 radical (unpaired) electrons. The first-order valence-corrected chi connectivity index (χ1v) is 8.68. The molecule has 1 atom stereocenters. The number of aromatic nitrogens is 2. The predicted octanol–water partition coefficient (Wildman–Crippen LogP) is 1.76. The third-order valence-corrected chi connectivity index (χ3v) is 4.20. The molecular formula is C15H17N3O3S. The number of carbonyl (C=O) groups is 1. The Morgan fingerprint density at radius 1 is 1.23 bits per heavy atom. The van der Waals surface area contributed by atoms with Gasteiger partial charge >= 0.3 is 0 Å². The van der Waals surface area contributed by atoms with Crippen molar-refractivity contribution in [3.8, 4) is 0 Å². The Kier molecular flexibility index (Phi) is 4.87. The maximum absolute atomic E-state index is 12.2. The summed E-state index contributed by atoms with van der Waals surface area (Å²) >= 11 is 0. The van der Waals surface area contributed by atoms with Crippen molar-refractivity contribution >= 4 is 15.7 Å². The number of rotatable bonds is 5. The van der Waals surface area contributed by atoms with Gasteiger partial charge in [-0.3, -0.25) is 9.78 Å². The molecule has 0 aliphatic heterocycles. The third kappa shape index (κ3) is 3.88. The molecular weight excluding hydrogens is 302 g/mol. The van der Waals surface area contributed by atoms with E-state index in [-0.39, 0.29) is 17.0 Å². The van der Waals surface area contributed by atoms with Gasteiger partial charge < -0.3 is 5.32 Å². The maximum atomic E-state index is 12.2. The van der Waals surface area contributed by atoms with Crippen LogP contribution in [0.5, 0.6) is 0 Å². The van der Waals surface area contributed by atoms with Gasteiger partial charge in [0.2, 0.25) is 0 Å². The molecule has 0 spiro atoms. The second-order valence-electron chi connectivity index (χ2n) is 4.87. The number of amides is 1. The minimum Gasteiger partial charge on any atom is -0.345 e. The molecule has 22 heavy (non-hydrogen) atoms. The van der Waals surface area contributed by atoms with E-state index in [2.05, 4.69) is 15.3 Å². The zero-order chi connectivity index (χ0) is 16.2. The van der Waals surface area contributed by atoms with Gasteiger partial charge in [-0.1, -0.05) is 13.0 Å². The van der Waals surface area contributed by atoms with Crippen LogP contribution in [0, 0.1) is 0 Å². The van der Waals surface area contributed by atoms with Gasteiger partial charge in [0.1, 0.15) is 0 Å². The molecule has 1 amide bonds. The summed E-state index contributed by atoms with van der Waals surface area (Å²) in [6, 6.07) is 6.15. The van der Waals surface area contributed by atoms with Crippen molar-refractivity contribution in [3.05, 3.63) is 54.0 Å². The largest absolute Gasteiger partial charge is 0.345 e. The average Bonchev–Trinajstić information content (AvgIpc) is 2.52. The highest BCUT2D eigenvalue weighted by Crippen LogP contribution is 2.18. The molecule has 2 aromatic rings. The fourth-order valence-electron chi connectivity index (χ4n) is 1.98. The van der Waals surface area contributed by atoms with Gasteiger partial charge in [0, 0.05) is 30.4 Å². The number of pyridine rings is 2. The normalized spacial score (nSPS) is 12.6. The first kappa shape index (κ1) is 16.1. The van der Waals surface area contributed by atoms with Crippen LogP contribution in [0.3, 0.4) is 0 Å². The van der Waals surface area contributed by atoms with E-state index in [1.807, 2.05) is 6.92 Å². The molecule has 2 heterocycles. The van der Waals surface area contributed by atoms with E-state index >= 15 is 0 Å². The lowest BCUT2D eigenvalue weighted by Gasteiger charge is -2.17. The number of hydrogen-bond donors (Lipinski definition) is 1. The first-order chi connectivity index (χ1) is 10.4. The lowest BCUT2D eigenvalue weighted by atomic mass is 10.1. The van der Waals surface area contributed by atoms with E-state index in [0.29, 0.717) is 12.0 Å². The Morgan fingerprint density at radius 3 is 2.41 bits per heavy atom. The van der Waals surface area contributed by atoms with Crippen LogP contribution in [0.2, 0.25) is 0 Å². The summed E-state index contributed by atoms with van der Waals surface area (Å²) in [5.41, 5.74) is 1.28. The van der Waals surface area contributed by atoms with Crippen LogP contribution in [0.4, 0.5) is 0 Å². The second-order valence-corrected chi connectivity index (χ2v) is 6.83. The van der Waals surface area contributed by atoms with Crippen LogP contribution in [-0.4, -0.2) is 30.5 Å². The van der Waals surface area contributed by atoms with Crippen LogP contribution in [0.15, 0.2) is 47.9 Å². The van der Waals surface area contributed by atoms with Gasteiger partial charge in [0.15, 0.2) is 14.9 Å². The van der Waals surface area contributed by atoms with Gasteiger partial charge in [-0.05, 0) is 30.2 Å². The standard InChI is InChI=1S/C15H17N3O3S/c1-3-13(18-15(19)11-6-8-16-9-7-11)12-4-5-14(17-10-12)22(2,20)21/h4-10,13H,3H2,1-2H3,(H,18,19)/t13-/m0/s1. The van der Waals surface area contributed by atoms with Gasteiger partial charge in [-0.25, -0.2) is 13.4 Å². The maximum Gasteiger partial charge on any atom is 0.251 e. The first-order valence-electron chi connectivity index (χ1n) is 6.78. The second kappa shape index (κ2) is 6.65. The molecule has 2 rings (SSSR count). The molecule has 2 aromatic heterocycles. The molecule has 0 fully saturated rings. The number of nitrogens with zero attached hydrogens (tertiary/aromatic N) is 2. The SMILES string of the molecule is CC[C@H](NC(=O)c1ccncc1)c1ccc(S(C)(=O)=O)nc1. The Bertz CT molecular complexity index is 743. The van der Waals surface area contributed by atoms with Crippen molar-refractivity contribution in [2.75, 3.05) is 6.26 Å². The Labute approximate surface area is 129 Å². The highest BCUT2D eigenvalue weighted by molar-refractivity contribution is 7.90. The van der Waals surface area contributed by atoms with E-state index in [0.717, 1.165) is 11.8 Å². The van der Waals surface area contributed by atoms with Crippen molar-refractivity contribution < 1.29 is 13.2 Å². The van der Waals surface area contributed by atoms with E-state index in [4.69, 9.17) is 0 Å². The Hall–Kier alpha value is -2.28. The zero-order valence-corrected chi connectivity index (χ0v) is 13.2. The number of nitrogens with one attached hydrogen (secondary N) is 1. The summed E-state index contributed by atoms with van der Waals surface area (Å²) in [6.07, 6.45) is 6.36. The van der Waals surface area contributed by atoms with Crippen molar-refractivity contribution in [1.29, 1.82) is 0 Å². The highest BCUT2D eigenvalue weighted by Gasteiger charge is 2.16. The molecule has 0 aromatic carbocycles. The van der Waals surface area contributed by atoms with Crippen LogP contribution < -0.4 is 5.32 Å². The molecule has 0 saturated carbocycles. The predicted molar refractivity (Wildman–Crippen MR) is 82.1 cm³/mol. The molecule has 0 aliphatic rings. The van der Waals surface area contributed by atoms with Gasteiger partial charge in [-0.2, -0.15) is 0 Å². The van der Waals surface area contributed by atoms with E-state index < -0.39 is 9.84 Å². The highest BCUT2D eigenvalue weighted by atomic mass is 32.2. The number of hydrogen-bond acceptors (Lipinski definition) is 5. The van der Waals surface area contributed by atoms with Crippen molar-refractivity contribution in [3.63, 3.8) is 0 Å². The fourth-order valence-corrected chi connectivity index (χ4v) is 2.54. The molecule has 6 nitrogen and oxygen atoms in total. The van der Waals surface area contributed by atoms with E-state index in [1.165, 1.54) is 12.3 Å². The molecule has 7 heteroatoms. The van der Waals surface area contributed by atoms with Crippen LogP contribution >= 0.6 is 0 Å². The zero-order valence-electron chi connectivity index (χ0n) is 12.4. The summed E-state index contributed by atoms with van der Waals surface area (Å²) in [5, 5.41) is 2.92. The van der Waals surface area contributed by atoms with E-state index in [1.54, 1.807) is 30.6 Å². The topological polar surface area (TPSA) is 89.0 Å². The molecule has 0 saturated heterocycles. The van der Waals surface area contributed by atoms with Crippen LogP contribution in [-0.2, 0) is 9.84 Å². The molecule has 0 aliphatic carbocycles. The quantitative estimate of drug-likeness (QED) is 0.907. The molecule has 0 bridgehead atoms. The monoisotopic (exact) mass is 319 g/mol. The summed E-state index contributed by atoms with van der Waals surface area (Å²) in [4.78, 5) is 20.0. The summed E-state index contributed by atoms with van der Waals surface area (Å²) < 4.78 is 22.8. The van der Waals surface area contributed by atoms with Crippen LogP contribution in [0.25, 0.3) is 0 Å². The van der Waals surface area contributed by atoms with Crippen molar-refractivity contribution in [2.45, 2.75) is 24.4 Å².